The molecule has 2 atom stereocenters. The van der Waals surface area contributed by atoms with Crippen molar-refractivity contribution in [1.82, 2.24) is 10.5 Å². The van der Waals surface area contributed by atoms with Crippen molar-refractivity contribution in [2.45, 2.75) is 44.9 Å². The van der Waals surface area contributed by atoms with Gasteiger partial charge in [0.1, 0.15) is 0 Å². The topological polar surface area (TPSA) is 84.7 Å². The Morgan fingerprint density at radius 2 is 2.04 bits per heavy atom. The van der Waals surface area contributed by atoms with Crippen molar-refractivity contribution < 1.29 is 23.2 Å². The maximum Gasteiger partial charge on any atom is 0.274 e. The molecule has 2 heterocycles. The summed E-state index contributed by atoms with van der Waals surface area (Å²) in [4.78, 5) is 25.7. The van der Waals surface area contributed by atoms with Crippen LogP contribution < -0.4 is 10.2 Å². The predicted octanol–water partition coefficient (Wildman–Crippen LogP) is 2.29. The Bertz CT molecular complexity index is 867. The lowest BCUT2D eigenvalue weighted by Crippen LogP contribution is -2.46. The molecule has 0 radical (unpaired) electrons. The summed E-state index contributed by atoms with van der Waals surface area (Å²) in [7, 11) is 0. The number of carbonyl (C=O) groups excluding carboxylic acids is 2. The van der Waals surface area contributed by atoms with Crippen LogP contribution >= 0.6 is 0 Å². The number of benzene rings is 1. The van der Waals surface area contributed by atoms with E-state index >= 15 is 4.39 Å². The minimum Gasteiger partial charge on any atom is -0.372 e. The van der Waals surface area contributed by atoms with Crippen molar-refractivity contribution in [2.75, 3.05) is 18.0 Å². The Morgan fingerprint density at radius 3 is 2.65 bits per heavy atom. The second-order valence-electron chi connectivity index (χ2n) is 7.06. The van der Waals surface area contributed by atoms with Crippen LogP contribution in [-0.4, -0.2) is 48.7 Å². The molecule has 2 aliphatic rings. The highest BCUT2D eigenvalue weighted by atomic mass is 19.1. The number of hydrogen-bond donors (Lipinski definition) is 1. The number of ether oxygens (including phenoxy) is 1. The highest BCUT2D eigenvalue weighted by molar-refractivity contribution is 6.07. The SMILES string of the molecule is C[C@@H]1CN(c2c(C=O)cc3c(C(=O)NC4CC4)noc3c2F)C[C@H](C)O1. The summed E-state index contributed by atoms with van der Waals surface area (Å²) in [5.74, 6) is -1.09. The maximum absolute atomic E-state index is 15.2. The van der Waals surface area contributed by atoms with E-state index in [9.17, 15) is 9.59 Å². The fraction of sp³-hybridized carbons (Fsp3) is 0.500. The Hall–Kier alpha value is -2.48. The van der Waals surface area contributed by atoms with Gasteiger partial charge in [0.15, 0.2) is 17.8 Å². The molecule has 138 valence electrons. The molecule has 1 aliphatic heterocycles. The van der Waals surface area contributed by atoms with E-state index in [1.165, 1.54) is 6.07 Å². The zero-order valence-corrected chi connectivity index (χ0v) is 14.6. The molecule has 0 bridgehead atoms. The van der Waals surface area contributed by atoms with E-state index in [0.717, 1.165) is 12.8 Å². The van der Waals surface area contributed by atoms with Crippen LogP contribution in [0.25, 0.3) is 11.0 Å². The van der Waals surface area contributed by atoms with Gasteiger partial charge in [0, 0.05) is 24.7 Å². The normalized spacial score (nSPS) is 23.3. The predicted molar refractivity (Wildman–Crippen MR) is 92.1 cm³/mol. The molecule has 1 N–H and O–H groups in total. The van der Waals surface area contributed by atoms with Crippen LogP contribution in [0.4, 0.5) is 10.1 Å². The molecule has 7 nitrogen and oxygen atoms in total. The average Bonchev–Trinajstić information content (AvgIpc) is 3.29. The number of carbonyl (C=O) groups is 2. The first kappa shape index (κ1) is 17.0. The van der Waals surface area contributed by atoms with Crippen LogP contribution in [0.1, 0.15) is 47.5 Å². The Kier molecular flexibility index (Phi) is 4.14. The minimum absolute atomic E-state index is 0.00386. The lowest BCUT2D eigenvalue weighted by molar-refractivity contribution is -0.00543. The van der Waals surface area contributed by atoms with Gasteiger partial charge >= 0.3 is 0 Å². The number of hydrogen-bond acceptors (Lipinski definition) is 6. The van der Waals surface area contributed by atoms with Crippen LogP contribution in [0.15, 0.2) is 10.6 Å². The molecular weight excluding hydrogens is 341 g/mol. The lowest BCUT2D eigenvalue weighted by Gasteiger charge is -2.37. The first-order chi connectivity index (χ1) is 12.5. The van der Waals surface area contributed by atoms with Gasteiger partial charge in [0.25, 0.3) is 5.91 Å². The van der Waals surface area contributed by atoms with Crippen LogP contribution in [0.5, 0.6) is 0 Å². The van der Waals surface area contributed by atoms with Crippen molar-refractivity contribution in [3.05, 3.63) is 23.1 Å². The summed E-state index contributed by atoms with van der Waals surface area (Å²) >= 11 is 0. The van der Waals surface area contributed by atoms with E-state index in [4.69, 9.17) is 9.26 Å². The molecule has 2 fully saturated rings. The summed E-state index contributed by atoms with van der Waals surface area (Å²) in [6, 6.07) is 1.62. The molecule has 1 aliphatic carbocycles. The van der Waals surface area contributed by atoms with Crippen LogP contribution in [0.3, 0.4) is 0 Å². The molecule has 1 saturated heterocycles. The number of amides is 1. The van der Waals surface area contributed by atoms with Gasteiger partial charge in [-0.3, -0.25) is 9.59 Å². The number of morpholine rings is 1. The van der Waals surface area contributed by atoms with E-state index in [1.54, 1.807) is 4.90 Å². The van der Waals surface area contributed by atoms with E-state index < -0.39 is 11.7 Å². The molecule has 26 heavy (non-hydrogen) atoms. The van der Waals surface area contributed by atoms with E-state index in [1.807, 2.05) is 13.8 Å². The molecule has 0 unspecified atom stereocenters. The van der Waals surface area contributed by atoms with E-state index in [-0.39, 0.29) is 46.2 Å². The van der Waals surface area contributed by atoms with Crippen molar-refractivity contribution in [2.24, 2.45) is 0 Å². The highest BCUT2D eigenvalue weighted by Gasteiger charge is 2.31. The summed E-state index contributed by atoms with van der Waals surface area (Å²) < 4.78 is 26.0. The van der Waals surface area contributed by atoms with Gasteiger partial charge in [0.05, 0.1) is 23.3 Å². The second kappa shape index (κ2) is 6.35. The number of halogens is 1. The summed E-state index contributed by atoms with van der Waals surface area (Å²) in [5.41, 5.74) is 0.224. The highest BCUT2D eigenvalue weighted by Crippen LogP contribution is 2.34. The van der Waals surface area contributed by atoms with Gasteiger partial charge in [-0.05, 0) is 32.8 Å². The van der Waals surface area contributed by atoms with Crippen LogP contribution in [-0.2, 0) is 4.74 Å². The van der Waals surface area contributed by atoms with Crippen molar-refractivity contribution in [1.29, 1.82) is 0 Å². The monoisotopic (exact) mass is 361 g/mol. The van der Waals surface area contributed by atoms with Crippen LogP contribution in [0.2, 0.25) is 0 Å². The summed E-state index contributed by atoms with van der Waals surface area (Å²) in [5, 5.41) is 6.75. The number of rotatable bonds is 4. The third-order valence-electron chi connectivity index (χ3n) is 4.70. The van der Waals surface area contributed by atoms with Gasteiger partial charge in [-0.25, -0.2) is 4.39 Å². The van der Waals surface area contributed by atoms with Crippen LogP contribution in [0, 0.1) is 5.82 Å². The smallest absolute Gasteiger partial charge is 0.274 e. The quantitative estimate of drug-likeness (QED) is 0.841. The van der Waals surface area contributed by atoms with E-state index in [0.29, 0.717) is 19.4 Å². The molecule has 2 aromatic rings. The molecular formula is C18H20FN3O4. The molecule has 1 saturated carbocycles. The molecule has 4 rings (SSSR count). The van der Waals surface area contributed by atoms with Gasteiger partial charge in [-0.2, -0.15) is 0 Å². The van der Waals surface area contributed by atoms with Crippen molar-refractivity contribution >= 4 is 28.8 Å². The van der Waals surface area contributed by atoms with Gasteiger partial charge in [-0.15, -0.1) is 0 Å². The minimum atomic E-state index is -0.677. The number of aldehydes is 1. The second-order valence-corrected chi connectivity index (χ2v) is 7.06. The third-order valence-corrected chi connectivity index (χ3v) is 4.70. The van der Waals surface area contributed by atoms with Crippen molar-refractivity contribution in [3.8, 4) is 0 Å². The number of anilines is 1. The largest absolute Gasteiger partial charge is 0.372 e. The summed E-state index contributed by atoms with van der Waals surface area (Å²) in [6.45, 7) is 4.70. The zero-order chi connectivity index (χ0) is 18.4. The Morgan fingerprint density at radius 1 is 1.35 bits per heavy atom. The van der Waals surface area contributed by atoms with Gasteiger partial charge in [0.2, 0.25) is 5.58 Å². The first-order valence-corrected chi connectivity index (χ1v) is 8.76. The molecule has 1 aromatic carbocycles. The number of nitrogens with one attached hydrogen (secondary N) is 1. The Labute approximate surface area is 149 Å². The number of fused-ring (bicyclic) bond motifs is 1. The molecule has 8 heteroatoms. The molecule has 0 spiro atoms. The maximum atomic E-state index is 15.2. The number of aromatic nitrogens is 1. The fourth-order valence-electron chi connectivity index (χ4n) is 3.46. The summed E-state index contributed by atoms with van der Waals surface area (Å²) in [6.07, 6.45) is 2.25. The zero-order valence-electron chi connectivity index (χ0n) is 14.6. The van der Waals surface area contributed by atoms with E-state index in [2.05, 4.69) is 10.5 Å². The Balaban J connectivity index is 1.78. The standard InChI is InChI=1S/C18H20FN3O4/c1-9-6-22(7-10(2)25-9)16-11(8-23)5-13-15(18(24)20-12-3-4-12)21-26-17(13)14(16)19/h5,8-10,12H,3-4,6-7H2,1-2H3,(H,20,24)/t9-,10+. The molecule has 1 aromatic heterocycles. The van der Waals surface area contributed by atoms with Gasteiger partial charge < -0.3 is 19.5 Å². The molecule has 1 amide bonds. The third kappa shape index (κ3) is 2.94. The fourth-order valence-corrected chi connectivity index (χ4v) is 3.46. The van der Waals surface area contributed by atoms with Crippen molar-refractivity contribution in [3.63, 3.8) is 0 Å². The average molecular weight is 361 g/mol. The van der Waals surface area contributed by atoms with Gasteiger partial charge in [-0.1, -0.05) is 5.16 Å². The lowest BCUT2D eigenvalue weighted by atomic mass is 10.1. The number of nitrogens with zero attached hydrogens (tertiary/aromatic N) is 2. The first-order valence-electron chi connectivity index (χ1n) is 8.76.